The zero-order chi connectivity index (χ0) is 44.1. The molecule has 0 spiro atoms. The van der Waals surface area contributed by atoms with Crippen molar-refractivity contribution in [3.63, 3.8) is 0 Å². The van der Waals surface area contributed by atoms with Crippen molar-refractivity contribution in [2.24, 2.45) is 16.9 Å². The molecule has 12 nitrogen and oxygen atoms in total. The molecule has 0 saturated carbocycles. The number of nitrogens with two attached hydrogens (primary N) is 2. The van der Waals surface area contributed by atoms with E-state index < -0.39 is 46.2 Å². The second-order valence-electron chi connectivity index (χ2n) is 18.5. The number of esters is 1. The van der Waals surface area contributed by atoms with E-state index in [9.17, 15) is 24.0 Å². The highest BCUT2D eigenvalue weighted by Crippen LogP contribution is 2.36. The fraction of sp³-hybridized carbons (Fsp3) is 0.521. The number of amides is 4. The molecular formula is C48H64N6O6S. The van der Waals surface area contributed by atoms with Crippen LogP contribution in [0.15, 0.2) is 72.8 Å². The molecule has 6 rings (SSSR count). The molecule has 3 aliphatic rings. The summed E-state index contributed by atoms with van der Waals surface area (Å²) in [6, 6.07) is 20.4. The highest BCUT2D eigenvalue weighted by Gasteiger charge is 2.44. The number of carbonyl (C=O) groups excluding carboxylic acids is 5. The highest BCUT2D eigenvalue weighted by atomic mass is 32.2. The van der Waals surface area contributed by atoms with Gasteiger partial charge in [-0.15, -0.1) is 11.8 Å². The Labute approximate surface area is 365 Å². The van der Waals surface area contributed by atoms with E-state index >= 15 is 0 Å². The average molecular weight is 853 g/mol. The number of rotatable bonds is 14. The maximum absolute atomic E-state index is 14.2. The van der Waals surface area contributed by atoms with E-state index in [1.807, 2.05) is 75.4 Å². The minimum absolute atomic E-state index is 0.0264. The quantitative estimate of drug-likeness (QED) is 0.137. The third-order valence-electron chi connectivity index (χ3n) is 12.8. The maximum Gasteiger partial charge on any atom is 0.315 e. The van der Waals surface area contributed by atoms with Crippen molar-refractivity contribution in [3.8, 4) is 0 Å². The fourth-order valence-electron chi connectivity index (χ4n) is 8.81. The number of nitrogens with one attached hydrogen (secondary N) is 3. The Morgan fingerprint density at radius 1 is 0.787 bits per heavy atom. The van der Waals surface area contributed by atoms with Crippen LogP contribution in [-0.4, -0.2) is 82.8 Å². The van der Waals surface area contributed by atoms with Crippen molar-refractivity contribution in [3.05, 3.63) is 106 Å². The number of aryl methyl sites for hydroxylation is 2. The van der Waals surface area contributed by atoms with Gasteiger partial charge in [-0.1, -0.05) is 93.6 Å². The minimum atomic E-state index is -1.03. The standard InChI is InChI=1S/C48H64N6O6S/c1-47(2,3)42(50)46(59)54-27-33(26-39(54)44(57)52-37-20-12-16-32-14-8-10-18-35(32)37)30-23-21-29(22-24-30)25-38(53-45(58)41(49)48(4,5)61-28-40(55)60-6)43(56)51-36-19-11-15-31-13-7-9-17-34(31)36/h7-10,13-14,17-18,21-24,33,36-39,41-42H,11-12,15-16,19-20,25-28,49-50H2,1-6H3,(H,51,56)(H,52,57)(H,53,58)/t33-,36+,37+,38?,39-,41?,42?/m0/s1. The molecule has 0 aromatic heterocycles. The van der Waals surface area contributed by atoms with Gasteiger partial charge in [0.25, 0.3) is 0 Å². The normalized spacial score (nSPS) is 21.5. The summed E-state index contributed by atoms with van der Waals surface area (Å²) in [7, 11) is 1.31. The molecule has 1 saturated heterocycles. The summed E-state index contributed by atoms with van der Waals surface area (Å²) >= 11 is 1.22. The highest BCUT2D eigenvalue weighted by molar-refractivity contribution is 8.01. The van der Waals surface area contributed by atoms with Crippen LogP contribution in [0.25, 0.3) is 0 Å². The van der Waals surface area contributed by atoms with Crippen LogP contribution in [0.5, 0.6) is 0 Å². The molecule has 1 fully saturated rings. The summed E-state index contributed by atoms with van der Waals surface area (Å²) in [5.41, 5.74) is 19.0. The van der Waals surface area contributed by atoms with Crippen molar-refractivity contribution in [2.75, 3.05) is 19.4 Å². The molecule has 3 unspecified atom stereocenters. The topological polar surface area (TPSA) is 186 Å². The summed E-state index contributed by atoms with van der Waals surface area (Å²) < 4.78 is 3.94. The molecule has 2 aliphatic carbocycles. The lowest BCUT2D eigenvalue weighted by Gasteiger charge is -2.34. The Morgan fingerprint density at radius 3 is 1.93 bits per heavy atom. The average Bonchev–Trinajstić information content (AvgIpc) is 3.70. The predicted molar refractivity (Wildman–Crippen MR) is 239 cm³/mol. The number of benzene rings is 3. The van der Waals surface area contributed by atoms with Gasteiger partial charge in [-0.2, -0.15) is 0 Å². The van der Waals surface area contributed by atoms with Gasteiger partial charge in [-0.3, -0.25) is 24.0 Å². The van der Waals surface area contributed by atoms with Gasteiger partial charge in [0, 0.05) is 23.6 Å². The molecule has 3 aromatic rings. The van der Waals surface area contributed by atoms with Gasteiger partial charge in [0.1, 0.15) is 12.1 Å². The van der Waals surface area contributed by atoms with Crippen LogP contribution in [0, 0.1) is 5.41 Å². The summed E-state index contributed by atoms with van der Waals surface area (Å²) in [5, 5.41) is 9.47. The van der Waals surface area contributed by atoms with Gasteiger partial charge >= 0.3 is 5.97 Å². The third kappa shape index (κ3) is 11.0. The second-order valence-corrected chi connectivity index (χ2v) is 20.2. The van der Waals surface area contributed by atoms with Gasteiger partial charge in [0.15, 0.2) is 0 Å². The Balaban J connectivity index is 1.20. The lowest BCUT2D eigenvalue weighted by Crippen LogP contribution is -2.57. The fourth-order valence-corrected chi connectivity index (χ4v) is 9.70. The molecule has 7 atom stereocenters. The first kappa shape index (κ1) is 45.8. The first-order valence-corrected chi connectivity index (χ1v) is 22.6. The van der Waals surface area contributed by atoms with Crippen LogP contribution in [-0.2, 0) is 48.0 Å². The number of methoxy groups -OCH3 is 1. The number of fused-ring (bicyclic) bond motifs is 2. The van der Waals surface area contributed by atoms with E-state index in [-0.39, 0.29) is 47.9 Å². The second kappa shape index (κ2) is 19.5. The number of nitrogens with zero attached hydrogens (tertiary/aromatic N) is 1. The monoisotopic (exact) mass is 852 g/mol. The summed E-state index contributed by atoms with van der Waals surface area (Å²) in [6.45, 7) is 9.70. The predicted octanol–water partition coefficient (Wildman–Crippen LogP) is 5.17. The molecule has 13 heteroatoms. The van der Waals surface area contributed by atoms with Crippen LogP contribution < -0.4 is 27.4 Å². The number of likely N-dealkylation sites (tertiary alicyclic amines) is 1. The first-order valence-electron chi connectivity index (χ1n) is 21.6. The lowest BCUT2D eigenvalue weighted by molar-refractivity contribution is -0.141. The molecule has 4 amide bonds. The van der Waals surface area contributed by atoms with Gasteiger partial charge < -0.3 is 37.1 Å². The molecule has 1 aliphatic heterocycles. The zero-order valence-corrected chi connectivity index (χ0v) is 37.3. The molecule has 0 bridgehead atoms. The van der Waals surface area contributed by atoms with E-state index in [1.165, 1.54) is 30.0 Å². The van der Waals surface area contributed by atoms with E-state index in [0.717, 1.165) is 60.8 Å². The number of ether oxygens (including phenoxy) is 1. The summed E-state index contributed by atoms with van der Waals surface area (Å²) in [5.74, 6) is -1.77. The number of hydrogen-bond acceptors (Lipinski definition) is 9. The largest absolute Gasteiger partial charge is 0.468 e. The Hall–Kier alpha value is -4.72. The summed E-state index contributed by atoms with van der Waals surface area (Å²) in [6.07, 6.45) is 6.07. The Morgan fingerprint density at radius 2 is 1.36 bits per heavy atom. The van der Waals surface area contributed by atoms with Crippen LogP contribution in [0.3, 0.4) is 0 Å². The smallest absolute Gasteiger partial charge is 0.315 e. The number of carbonyl (C=O) groups is 5. The zero-order valence-electron chi connectivity index (χ0n) is 36.5. The van der Waals surface area contributed by atoms with Crippen LogP contribution in [0.1, 0.15) is 118 Å². The van der Waals surface area contributed by atoms with Gasteiger partial charge in [-0.05, 0) is 97.6 Å². The van der Waals surface area contributed by atoms with E-state index in [2.05, 4.69) is 34.1 Å². The maximum atomic E-state index is 14.2. The van der Waals surface area contributed by atoms with Crippen molar-refractivity contribution < 1.29 is 28.7 Å². The van der Waals surface area contributed by atoms with Crippen molar-refractivity contribution >= 4 is 41.4 Å². The molecule has 1 heterocycles. The van der Waals surface area contributed by atoms with E-state index in [0.29, 0.717) is 13.0 Å². The molecule has 0 radical (unpaired) electrons. The van der Waals surface area contributed by atoms with Gasteiger partial charge in [-0.25, -0.2) is 0 Å². The van der Waals surface area contributed by atoms with Crippen molar-refractivity contribution in [1.29, 1.82) is 0 Å². The van der Waals surface area contributed by atoms with Crippen LogP contribution >= 0.6 is 11.8 Å². The molecule has 61 heavy (non-hydrogen) atoms. The van der Waals surface area contributed by atoms with Crippen LogP contribution in [0.2, 0.25) is 0 Å². The van der Waals surface area contributed by atoms with Crippen molar-refractivity contribution in [1.82, 2.24) is 20.9 Å². The third-order valence-corrected chi connectivity index (χ3v) is 14.2. The SMILES string of the molecule is COC(=O)CSC(C)(C)C(N)C(=O)NC(Cc1ccc([C@H]2C[C@@H](C(=O)N[C@@H]3CCCc4ccccc43)N(C(=O)C(N)C(C)(C)C)C2)cc1)C(=O)N[C@@H]1CCCc2ccccc21. The van der Waals surface area contributed by atoms with Crippen LogP contribution in [0.4, 0.5) is 0 Å². The number of thioether (sulfide) groups is 1. The Bertz CT molecular complexity index is 2070. The number of hydrogen-bond donors (Lipinski definition) is 5. The minimum Gasteiger partial charge on any atom is -0.468 e. The van der Waals surface area contributed by atoms with Crippen molar-refractivity contribution in [2.45, 2.75) is 133 Å². The molecule has 3 aromatic carbocycles. The van der Waals surface area contributed by atoms with Gasteiger partial charge in [0.2, 0.25) is 23.6 Å². The molecule has 328 valence electrons. The molecular weight excluding hydrogens is 789 g/mol. The lowest BCUT2D eigenvalue weighted by atomic mass is 9.86. The first-order chi connectivity index (χ1) is 29.0. The van der Waals surface area contributed by atoms with E-state index in [4.69, 9.17) is 16.2 Å². The Kier molecular flexibility index (Phi) is 14.7. The summed E-state index contributed by atoms with van der Waals surface area (Å²) in [4.78, 5) is 69.7. The van der Waals surface area contributed by atoms with Gasteiger partial charge in [0.05, 0.1) is 37.0 Å². The molecule has 7 N–H and O–H groups in total. The van der Waals surface area contributed by atoms with E-state index in [1.54, 1.807) is 18.7 Å².